The number of carbonyl (C=O) groups excluding carboxylic acids is 1. The van der Waals surface area contributed by atoms with Gasteiger partial charge < -0.3 is 14.7 Å². The van der Waals surface area contributed by atoms with E-state index >= 15 is 0 Å². The van der Waals surface area contributed by atoms with Gasteiger partial charge in [-0.1, -0.05) is 36.4 Å². The molecule has 29 heavy (non-hydrogen) atoms. The molecule has 2 aliphatic heterocycles. The summed E-state index contributed by atoms with van der Waals surface area (Å²) in [4.78, 5) is 19.3. The van der Waals surface area contributed by atoms with Gasteiger partial charge in [0.1, 0.15) is 0 Å². The Bertz CT molecular complexity index is 997. The highest BCUT2D eigenvalue weighted by Gasteiger charge is 2.26. The highest BCUT2D eigenvalue weighted by atomic mass is 16.2. The van der Waals surface area contributed by atoms with E-state index in [2.05, 4.69) is 50.3 Å². The number of para-hydroxylation sites is 2. The standard InChI is InChI=1S/C23H23N5O/c29-23(28-13-12-18-6-4-5-9-21(18)28)20-10-11-22(25-24-20)27-16-14-26(15-17-27)19-7-2-1-3-8-19/h1-11H,12-17H2. The van der Waals surface area contributed by atoms with Crippen LogP contribution in [0, 0.1) is 0 Å². The zero-order chi connectivity index (χ0) is 19.6. The van der Waals surface area contributed by atoms with Gasteiger partial charge in [-0.25, -0.2) is 0 Å². The van der Waals surface area contributed by atoms with Crippen molar-refractivity contribution in [3.05, 3.63) is 78.0 Å². The number of aromatic nitrogens is 2. The Morgan fingerprint density at radius 2 is 1.45 bits per heavy atom. The maximum absolute atomic E-state index is 12.9. The van der Waals surface area contributed by atoms with E-state index in [0.717, 1.165) is 44.1 Å². The Hall–Kier alpha value is -3.41. The van der Waals surface area contributed by atoms with Crippen LogP contribution in [0.1, 0.15) is 16.1 Å². The van der Waals surface area contributed by atoms with E-state index in [1.807, 2.05) is 30.3 Å². The quantitative estimate of drug-likeness (QED) is 0.694. The van der Waals surface area contributed by atoms with Crippen molar-refractivity contribution < 1.29 is 4.79 Å². The number of amides is 1. The molecule has 0 atom stereocenters. The van der Waals surface area contributed by atoms with Gasteiger partial charge in [0.15, 0.2) is 11.5 Å². The molecule has 1 fully saturated rings. The second kappa shape index (κ2) is 7.54. The van der Waals surface area contributed by atoms with Crippen LogP contribution in [-0.4, -0.2) is 48.8 Å². The summed E-state index contributed by atoms with van der Waals surface area (Å²) in [5, 5.41) is 8.61. The lowest BCUT2D eigenvalue weighted by molar-refractivity contribution is 0.0983. The Morgan fingerprint density at radius 1 is 0.724 bits per heavy atom. The lowest BCUT2D eigenvalue weighted by atomic mass is 10.2. The largest absolute Gasteiger partial charge is 0.368 e. The maximum Gasteiger partial charge on any atom is 0.278 e. The molecule has 1 amide bonds. The summed E-state index contributed by atoms with van der Waals surface area (Å²) >= 11 is 0. The normalized spacial score (nSPS) is 16.1. The fraction of sp³-hybridized carbons (Fsp3) is 0.261. The molecule has 146 valence electrons. The van der Waals surface area contributed by atoms with E-state index in [1.54, 1.807) is 11.0 Å². The zero-order valence-corrected chi connectivity index (χ0v) is 16.2. The Kier molecular flexibility index (Phi) is 4.60. The van der Waals surface area contributed by atoms with Crippen LogP contribution in [0.25, 0.3) is 0 Å². The number of hydrogen-bond donors (Lipinski definition) is 0. The number of carbonyl (C=O) groups is 1. The zero-order valence-electron chi connectivity index (χ0n) is 16.2. The minimum atomic E-state index is -0.0807. The lowest BCUT2D eigenvalue weighted by Crippen LogP contribution is -2.47. The second-order valence-corrected chi connectivity index (χ2v) is 7.42. The van der Waals surface area contributed by atoms with Gasteiger partial charge in [0.05, 0.1) is 0 Å². The summed E-state index contributed by atoms with van der Waals surface area (Å²) in [7, 11) is 0. The van der Waals surface area contributed by atoms with E-state index in [9.17, 15) is 4.79 Å². The first-order valence-corrected chi connectivity index (χ1v) is 10.1. The highest BCUT2D eigenvalue weighted by molar-refractivity contribution is 6.06. The minimum Gasteiger partial charge on any atom is -0.368 e. The predicted molar refractivity (Wildman–Crippen MR) is 115 cm³/mol. The molecule has 1 saturated heterocycles. The molecule has 3 aromatic rings. The summed E-state index contributed by atoms with van der Waals surface area (Å²) < 4.78 is 0. The molecule has 6 heteroatoms. The number of hydrogen-bond acceptors (Lipinski definition) is 5. The molecule has 0 bridgehead atoms. The van der Waals surface area contributed by atoms with Crippen LogP contribution in [0.3, 0.4) is 0 Å². The van der Waals surface area contributed by atoms with Crippen molar-refractivity contribution in [2.75, 3.05) is 47.4 Å². The summed E-state index contributed by atoms with van der Waals surface area (Å²) in [5.74, 6) is 0.749. The third-order valence-electron chi connectivity index (χ3n) is 5.73. The van der Waals surface area contributed by atoms with Crippen molar-refractivity contribution in [3.8, 4) is 0 Å². The molecule has 1 aromatic heterocycles. The first-order chi connectivity index (χ1) is 14.3. The number of fused-ring (bicyclic) bond motifs is 1. The summed E-state index contributed by atoms with van der Waals surface area (Å²) in [6.07, 6.45) is 0.888. The molecule has 0 saturated carbocycles. The third-order valence-corrected chi connectivity index (χ3v) is 5.73. The topological polar surface area (TPSA) is 52.6 Å². The summed E-state index contributed by atoms with van der Waals surface area (Å²) in [5.41, 5.74) is 3.85. The van der Waals surface area contributed by atoms with Gasteiger partial charge in [-0.15, -0.1) is 10.2 Å². The van der Waals surface area contributed by atoms with Gasteiger partial charge in [-0.3, -0.25) is 4.79 Å². The fourth-order valence-corrected chi connectivity index (χ4v) is 4.13. The van der Waals surface area contributed by atoms with Crippen LogP contribution in [0.5, 0.6) is 0 Å². The van der Waals surface area contributed by atoms with Crippen LogP contribution >= 0.6 is 0 Å². The van der Waals surface area contributed by atoms with E-state index in [-0.39, 0.29) is 5.91 Å². The molecule has 0 aliphatic carbocycles. The van der Waals surface area contributed by atoms with Crippen molar-refractivity contribution in [1.82, 2.24) is 10.2 Å². The van der Waals surface area contributed by atoms with Gasteiger partial charge >= 0.3 is 0 Å². The fourth-order valence-electron chi connectivity index (χ4n) is 4.13. The molecule has 0 radical (unpaired) electrons. The molecule has 0 spiro atoms. The molecular formula is C23H23N5O. The van der Waals surface area contributed by atoms with Crippen LogP contribution in [0.4, 0.5) is 17.2 Å². The summed E-state index contributed by atoms with van der Waals surface area (Å²) in [6.45, 7) is 4.35. The number of benzene rings is 2. The predicted octanol–water partition coefficient (Wildman–Crippen LogP) is 3.01. The average molecular weight is 385 g/mol. The van der Waals surface area contributed by atoms with E-state index in [4.69, 9.17) is 0 Å². The van der Waals surface area contributed by atoms with Gasteiger partial charge in [0, 0.05) is 44.1 Å². The van der Waals surface area contributed by atoms with Gasteiger partial charge in [-0.05, 0) is 42.3 Å². The van der Waals surface area contributed by atoms with E-state index < -0.39 is 0 Å². The molecule has 2 aliphatic rings. The Morgan fingerprint density at radius 3 is 2.21 bits per heavy atom. The molecular weight excluding hydrogens is 362 g/mol. The van der Waals surface area contributed by atoms with Crippen molar-refractivity contribution in [2.24, 2.45) is 0 Å². The van der Waals surface area contributed by atoms with Crippen LogP contribution in [0.2, 0.25) is 0 Å². The Balaban J connectivity index is 1.25. The monoisotopic (exact) mass is 385 g/mol. The average Bonchev–Trinajstić information content (AvgIpc) is 3.24. The first kappa shape index (κ1) is 17.7. The van der Waals surface area contributed by atoms with Crippen LogP contribution in [-0.2, 0) is 6.42 Å². The van der Waals surface area contributed by atoms with E-state index in [1.165, 1.54) is 11.3 Å². The number of anilines is 3. The van der Waals surface area contributed by atoms with Crippen molar-refractivity contribution in [2.45, 2.75) is 6.42 Å². The molecule has 6 nitrogen and oxygen atoms in total. The van der Waals surface area contributed by atoms with Crippen molar-refractivity contribution in [1.29, 1.82) is 0 Å². The van der Waals surface area contributed by atoms with Crippen LogP contribution < -0.4 is 14.7 Å². The minimum absolute atomic E-state index is 0.0807. The molecule has 2 aromatic carbocycles. The van der Waals surface area contributed by atoms with Crippen molar-refractivity contribution in [3.63, 3.8) is 0 Å². The molecule has 0 N–H and O–H groups in total. The second-order valence-electron chi connectivity index (χ2n) is 7.42. The number of piperazine rings is 1. The van der Waals surface area contributed by atoms with Crippen LogP contribution in [0.15, 0.2) is 66.7 Å². The highest BCUT2D eigenvalue weighted by Crippen LogP contribution is 2.28. The first-order valence-electron chi connectivity index (χ1n) is 10.1. The smallest absolute Gasteiger partial charge is 0.278 e. The molecule has 0 unspecified atom stereocenters. The van der Waals surface area contributed by atoms with Gasteiger partial charge in [0.25, 0.3) is 5.91 Å². The third kappa shape index (κ3) is 3.42. The molecule has 5 rings (SSSR count). The molecule has 3 heterocycles. The SMILES string of the molecule is O=C(c1ccc(N2CCN(c3ccccc3)CC2)nn1)N1CCc2ccccc21. The van der Waals surface area contributed by atoms with Gasteiger partial charge in [-0.2, -0.15) is 0 Å². The van der Waals surface area contributed by atoms with Crippen molar-refractivity contribution >= 4 is 23.1 Å². The number of nitrogens with zero attached hydrogens (tertiary/aromatic N) is 5. The lowest BCUT2D eigenvalue weighted by Gasteiger charge is -2.36. The van der Waals surface area contributed by atoms with E-state index in [0.29, 0.717) is 12.2 Å². The maximum atomic E-state index is 12.9. The van der Waals surface area contributed by atoms with Gasteiger partial charge in [0.2, 0.25) is 0 Å². The summed E-state index contributed by atoms with van der Waals surface area (Å²) in [6, 6.07) is 22.2. The Labute approximate surface area is 170 Å². The number of rotatable bonds is 3.